The summed E-state index contributed by atoms with van der Waals surface area (Å²) in [6, 6.07) is 14.7. The van der Waals surface area contributed by atoms with Gasteiger partial charge in [0.1, 0.15) is 0 Å². The molecule has 0 heterocycles. The van der Waals surface area contributed by atoms with Crippen molar-refractivity contribution in [3.8, 4) is 0 Å². The van der Waals surface area contributed by atoms with Crippen LogP contribution in [0.3, 0.4) is 0 Å². The molecule has 0 aliphatic carbocycles. The Morgan fingerprint density at radius 1 is 0.645 bits per heavy atom. The van der Waals surface area contributed by atoms with Crippen LogP contribution in [0.1, 0.15) is 95.1 Å². The van der Waals surface area contributed by atoms with Gasteiger partial charge in [0.05, 0.1) is 4.90 Å². The van der Waals surface area contributed by atoms with E-state index in [1.807, 2.05) is 43.3 Å². The summed E-state index contributed by atoms with van der Waals surface area (Å²) in [7, 11) is -3.53. The minimum Gasteiger partial charge on any atom is -0.280 e. The molecule has 3 nitrogen and oxygen atoms in total. The fourth-order valence-electron chi connectivity index (χ4n) is 3.84. The van der Waals surface area contributed by atoms with E-state index < -0.39 is 10.0 Å². The number of aryl methyl sites for hydroxylation is 2. The highest BCUT2D eigenvalue weighted by Gasteiger charge is 2.13. The maximum Gasteiger partial charge on any atom is 0.261 e. The zero-order chi connectivity index (χ0) is 22.4. The molecule has 0 bridgehead atoms. The van der Waals surface area contributed by atoms with Crippen LogP contribution in [0.2, 0.25) is 0 Å². The molecule has 0 saturated heterocycles. The standard InChI is InChI=1S/C27H41NO2S/c1-3-4-5-6-7-8-9-10-11-12-13-14-15-25-18-20-26(21-19-25)28-31(29,30)27-22-16-24(2)17-23-27/h16-23,28H,3-15H2,1-2H3. The summed E-state index contributed by atoms with van der Waals surface area (Å²) in [4.78, 5) is 0.290. The maximum atomic E-state index is 12.5. The molecule has 0 fully saturated rings. The van der Waals surface area contributed by atoms with Crippen LogP contribution in [0.5, 0.6) is 0 Å². The molecule has 0 aromatic heterocycles. The second-order valence-electron chi connectivity index (χ2n) is 8.75. The van der Waals surface area contributed by atoms with E-state index in [1.54, 1.807) is 12.1 Å². The first-order chi connectivity index (χ1) is 15.0. The van der Waals surface area contributed by atoms with Crippen LogP contribution in [0.25, 0.3) is 0 Å². The quantitative estimate of drug-likeness (QED) is 0.267. The van der Waals surface area contributed by atoms with Crippen molar-refractivity contribution in [3.05, 3.63) is 59.7 Å². The Hall–Kier alpha value is -1.81. The van der Waals surface area contributed by atoms with Gasteiger partial charge in [-0.3, -0.25) is 4.72 Å². The van der Waals surface area contributed by atoms with E-state index >= 15 is 0 Å². The van der Waals surface area contributed by atoms with Crippen LogP contribution in [-0.4, -0.2) is 8.42 Å². The molecule has 4 heteroatoms. The largest absolute Gasteiger partial charge is 0.280 e. The fraction of sp³-hybridized carbons (Fsp3) is 0.556. The molecule has 0 saturated carbocycles. The second-order valence-corrected chi connectivity index (χ2v) is 10.4. The number of hydrogen-bond acceptors (Lipinski definition) is 2. The van der Waals surface area contributed by atoms with E-state index in [9.17, 15) is 8.42 Å². The molecule has 0 aliphatic rings. The van der Waals surface area contributed by atoms with E-state index in [0.717, 1.165) is 12.0 Å². The van der Waals surface area contributed by atoms with Crippen LogP contribution >= 0.6 is 0 Å². The van der Waals surface area contributed by atoms with E-state index in [4.69, 9.17) is 0 Å². The third kappa shape index (κ3) is 10.4. The molecule has 2 rings (SSSR count). The first-order valence-electron chi connectivity index (χ1n) is 12.2. The summed E-state index contributed by atoms with van der Waals surface area (Å²) in [6.07, 6.45) is 17.4. The molecule has 0 aliphatic heterocycles. The predicted molar refractivity (Wildman–Crippen MR) is 133 cm³/mol. The van der Waals surface area contributed by atoms with Gasteiger partial charge in [-0.15, -0.1) is 0 Å². The monoisotopic (exact) mass is 443 g/mol. The normalized spacial score (nSPS) is 11.5. The van der Waals surface area contributed by atoms with E-state index in [1.165, 1.54) is 82.6 Å². The van der Waals surface area contributed by atoms with Gasteiger partial charge in [0.2, 0.25) is 0 Å². The Bertz CT molecular complexity index is 827. The maximum absolute atomic E-state index is 12.5. The van der Waals surface area contributed by atoms with Crippen LogP contribution in [0, 0.1) is 6.92 Å². The lowest BCUT2D eigenvalue weighted by molar-refractivity contribution is 0.544. The fourth-order valence-corrected chi connectivity index (χ4v) is 4.90. The number of hydrogen-bond donors (Lipinski definition) is 1. The lowest BCUT2D eigenvalue weighted by atomic mass is 10.0. The molecule has 0 unspecified atom stereocenters. The van der Waals surface area contributed by atoms with Crippen molar-refractivity contribution < 1.29 is 8.42 Å². The topological polar surface area (TPSA) is 46.2 Å². The van der Waals surface area contributed by atoms with Gasteiger partial charge in [0.25, 0.3) is 10.0 Å². The van der Waals surface area contributed by atoms with E-state index in [-0.39, 0.29) is 0 Å². The number of sulfonamides is 1. The highest BCUT2D eigenvalue weighted by atomic mass is 32.2. The van der Waals surface area contributed by atoms with E-state index in [0.29, 0.717) is 10.6 Å². The second kappa shape index (κ2) is 14.3. The minimum atomic E-state index is -3.53. The molecule has 0 atom stereocenters. The zero-order valence-electron chi connectivity index (χ0n) is 19.5. The average Bonchev–Trinajstić information content (AvgIpc) is 2.76. The first-order valence-corrected chi connectivity index (χ1v) is 13.7. The van der Waals surface area contributed by atoms with Crippen molar-refractivity contribution in [1.82, 2.24) is 0 Å². The molecule has 0 spiro atoms. The lowest BCUT2D eigenvalue weighted by Crippen LogP contribution is -2.12. The molecule has 0 amide bonds. The predicted octanol–water partition coefficient (Wildman–Crippen LogP) is 8.04. The Kier molecular flexibility index (Phi) is 11.7. The third-order valence-electron chi connectivity index (χ3n) is 5.86. The van der Waals surface area contributed by atoms with Gasteiger partial charge in [0.15, 0.2) is 0 Å². The molecule has 1 N–H and O–H groups in total. The summed E-state index contributed by atoms with van der Waals surface area (Å²) >= 11 is 0. The lowest BCUT2D eigenvalue weighted by Gasteiger charge is -2.09. The molecule has 0 radical (unpaired) electrons. The molecule has 2 aromatic rings. The Labute approximate surface area is 190 Å². The van der Waals surface area contributed by atoms with Crippen molar-refractivity contribution in [2.24, 2.45) is 0 Å². The summed E-state index contributed by atoms with van der Waals surface area (Å²) in [5.74, 6) is 0. The van der Waals surface area contributed by atoms with Gasteiger partial charge in [-0.1, -0.05) is 107 Å². The zero-order valence-corrected chi connectivity index (χ0v) is 20.4. The van der Waals surface area contributed by atoms with Crippen molar-refractivity contribution in [3.63, 3.8) is 0 Å². The van der Waals surface area contributed by atoms with Crippen molar-refractivity contribution in [2.75, 3.05) is 4.72 Å². The third-order valence-corrected chi connectivity index (χ3v) is 7.25. The summed E-state index contributed by atoms with van der Waals surface area (Å²) in [5, 5.41) is 0. The van der Waals surface area contributed by atoms with Gasteiger partial charge >= 0.3 is 0 Å². The summed E-state index contributed by atoms with van der Waals surface area (Å²) in [6.45, 7) is 4.21. The number of unbranched alkanes of at least 4 members (excludes halogenated alkanes) is 11. The number of nitrogens with one attached hydrogen (secondary N) is 1. The molecular formula is C27H41NO2S. The van der Waals surface area contributed by atoms with Crippen LogP contribution in [0.4, 0.5) is 5.69 Å². The van der Waals surface area contributed by atoms with Crippen LogP contribution in [0.15, 0.2) is 53.4 Å². The average molecular weight is 444 g/mol. The smallest absolute Gasteiger partial charge is 0.261 e. The Balaban J connectivity index is 1.59. The number of benzene rings is 2. The van der Waals surface area contributed by atoms with Crippen molar-refractivity contribution in [1.29, 1.82) is 0 Å². The minimum absolute atomic E-state index is 0.290. The van der Waals surface area contributed by atoms with Gasteiger partial charge in [-0.25, -0.2) is 8.42 Å². The first kappa shape index (κ1) is 25.5. The Morgan fingerprint density at radius 3 is 1.65 bits per heavy atom. The summed E-state index contributed by atoms with van der Waals surface area (Å²) in [5.41, 5.74) is 2.92. The van der Waals surface area contributed by atoms with Crippen molar-refractivity contribution in [2.45, 2.75) is 102 Å². The molecular weight excluding hydrogens is 402 g/mol. The highest BCUT2D eigenvalue weighted by Crippen LogP contribution is 2.18. The van der Waals surface area contributed by atoms with Gasteiger partial charge in [-0.2, -0.15) is 0 Å². The van der Waals surface area contributed by atoms with Gasteiger partial charge in [-0.05, 0) is 49.6 Å². The van der Waals surface area contributed by atoms with Crippen molar-refractivity contribution >= 4 is 15.7 Å². The van der Waals surface area contributed by atoms with Gasteiger partial charge < -0.3 is 0 Å². The SMILES string of the molecule is CCCCCCCCCCCCCCc1ccc(NS(=O)(=O)c2ccc(C)cc2)cc1. The van der Waals surface area contributed by atoms with Gasteiger partial charge in [0, 0.05) is 5.69 Å². The highest BCUT2D eigenvalue weighted by molar-refractivity contribution is 7.92. The number of rotatable bonds is 16. The molecule has 2 aromatic carbocycles. The van der Waals surface area contributed by atoms with Crippen LogP contribution < -0.4 is 4.72 Å². The van der Waals surface area contributed by atoms with Crippen LogP contribution in [-0.2, 0) is 16.4 Å². The van der Waals surface area contributed by atoms with E-state index in [2.05, 4.69) is 11.6 Å². The number of anilines is 1. The molecule has 172 valence electrons. The molecule has 31 heavy (non-hydrogen) atoms. The summed E-state index contributed by atoms with van der Waals surface area (Å²) < 4.78 is 27.6. The Morgan fingerprint density at radius 2 is 1.13 bits per heavy atom.